The second-order valence-electron chi connectivity index (χ2n) is 7.04. The fraction of sp³-hybridized carbons (Fsp3) is 0.136. The van der Waals surface area contributed by atoms with Crippen molar-refractivity contribution in [3.8, 4) is 6.01 Å². The summed E-state index contributed by atoms with van der Waals surface area (Å²) in [6.07, 6.45) is 0. The number of halogens is 1. The van der Waals surface area contributed by atoms with Crippen molar-refractivity contribution in [1.29, 1.82) is 0 Å². The summed E-state index contributed by atoms with van der Waals surface area (Å²) in [5, 5.41) is 9.10. The van der Waals surface area contributed by atoms with Crippen LogP contribution in [0.2, 0.25) is 5.02 Å². The lowest BCUT2D eigenvalue weighted by molar-refractivity contribution is 0.273. The molecule has 10 heteroatoms. The number of imidazole rings is 1. The Balaban J connectivity index is 1.52. The summed E-state index contributed by atoms with van der Waals surface area (Å²) in [6, 6.07) is 21.2. The van der Waals surface area contributed by atoms with Crippen LogP contribution < -0.4 is 21.7 Å². The van der Waals surface area contributed by atoms with E-state index in [2.05, 4.69) is 20.4 Å². The first-order valence-electron chi connectivity index (χ1n) is 9.86. The van der Waals surface area contributed by atoms with Gasteiger partial charge in [-0.2, -0.15) is 4.98 Å². The van der Waals surface area contributed by atoms with E-state index in [1.54, 1.807) is 11.6 Å². The van der Waals surface area contributed by atoms with E-state index in [-0.39, 0.29) is 6.61 Å². The van der Waals surface area contributed by atoms with Gasteiger partial charge in [0.2, 0.25) is 5.96 Å². The molecule has 0 radical (unpaired) electrons. The molecule has 32 heavy (non-hydrogen) atoms. The summed E-state index contributed by atoms with van der Waals surface area (Å²) in [6.45, 7) is 0.801. The largest absolute Gasteiger partial charge is 0.458 e. The van der Waals surface area contributed by atoms with Crippen LogP contribution in [0.4, 0.5) is 5.82 Å². The minimum Gasteiger partial charge on any atom is -0.458 e. The Bertz CT molecular complexity index is 1250. The number of benzene rings is 2. The zero-order valence-corrected chi connectivity index (χ0v) is 18.2. The van der Waals surface area contributed by atoms with Crippen molar-refractivity contribution in [3.63, 3.8) is 0 Å². The Morgan fingerprint density at radius 1 is 1.12 bits per heavy atom. The molecular weight excluding hydrogens is 428 g/mol. The molecule has 164 valence electrons. The van der Waals surface area contributed by atoms with Crippen molar-refractivity contribution in [1.82, 2.24) is 19.5 Å². The molecule has 0 unspecified atom stereocenters. The molecule has 0 saturated carbocycles. The van der Waals surface area contributed by atoms with Gasteiger partial charge in [-0.25, -0.2) is 15.4 Å². The molecule has 2 aromatic heterocycles. The summed E-state index contributed by atoms with van der Waals surface area (Å²) < 4.78 is 7.66. The van der Waals surface area contributed by atoms with Crippen LogP contribution in [-0.4, -0.2) is 32.6 Å². The molecule has 4 aromatic rings. The van der Waals surface area contributed by atoms with Crippen LogP contribution in [0.25, 0.3) is 11.0 Å². The van der Waals surface area contributed by atoms with Crippen molar-refractivity contribution in [3.05, 3.63) is 83.0 Å². The van der Waals surface area contributed by atoms with Crippen LogP contribution >= 0.6 is 11.6 Å². The van der Waals surface area contributed by atoms with Crippen LogP contribution in [0.5, 0.6) is 6.01 Å². The van der Waals surface area contributed by atoms with Gasteiger partial charge >= 0.3 is 6.01 Å². The highest BCUT2D eigenvalue weighted by Crippen LogP contribution is 2.22. The van der Waals surface area contributed by atoms with Gasteiger partial charge in [-0.05, 0) is 42.0 Å². The number of para-hydroxylation sites is 2. The summed E-state index contributed by atoms with van der Waals surface area (Å²) in [5.74, 6) is 12.5. The molecule has 0 saturated heterocycles. The van der Waals surface area contributed by atoms with Gasteiger partial charge in [0.25, 0.3) is 0 Å². The molecule has 4 rings (SSSR count). The third-order valence-corrected chi connectivity index (χ3v) is 4.91. The first-order chi connectivity index (χ1) is 15.5. The zero-order valence-electron chi connectivity index (χ0n) is 17.4. The van der Waals surface area contributed by atoms with Gasteiger partial charge in [-0.1, -0.05) is 41.9 Å². The van der Waals surface area contributed by atoms with E-state index >= 15 is 0 Å². The Morgan fingerprint density at radius 2 is 1.94 bits per heavy atom. The van der Waals surface area contributed by atoms with E-state index in [4.69, 9.17) is 28.0 Å². The van der Waals surface area contributed by atoms with Crippen LogP contribution in [0, 0.1) is 0 Å². The standard InChI is InChI=1S/C22H23ClN8O/c1-30(25)21(29-24)31-19-10-3-2-9-18(19)28-22(31)32-14-17-8-5-11-20(27-17)26-13-15-6-4-7-16(23)12-15/h2-12H,13-14,24-25H2,1H3,(H,26,27)/b29-21+. The van der Waals surface area contributed by atoms with Gasteiger partial charge < -0.3 is 15.9 Å². The number of hydrazone groups is 1. The smallest absolute Gasteiger partial charge is 0.304 e. The lowest BCUT2D eigenvalue weighted by atomic mass is 10.2. The van der Waals surface area contributed by atoms with Crippen LogP contribution in [0.1, 0.15) is 11.3 Å². The number of fused-ring (bicyclic) bond motifs is 1. The number of aromatic nitrogens is 3. The van der Waals surface area contributed by atoms with Gasteiger partial charge in [0, 0.05) is 18.6 Å². The fourth-order valence-corrected chi connectivity index (χ4v) is 3.45. The van der Waals surface area contributed by atoms with Gasteiger partial charge in [0.1, 0.15) is 12.4 Å². The van der Waals surface area contributed by atoms with Gasteiger partial charge in [0.15, 0.2) is 0 Å². The molecule has 0 amide bonds. The van der Waals surface area contributed by atoms with E-state index in [0.717, 1.165) is 28.1 Å². The maximum Gasteiger partial charge on any atom is 0.304 e. The second-order valence-corrected chi connectivity index (χ2v) is 7.48. The van der Waals surface area contributed by atoms with Crippen LogP contribution in [-0.2, 0) is 13.2 Å². The predicted octanol–water partition coefficient (Wildman–Crippen LogP) is 3.16. The molecule has 2 heterocycles. The number of pyridine rings is 1. The Morgan fingerprint density at radius 3 is 2.72 bits per heavy atom. The van der Waals surface area contributed by atoms with Crippen molar-refractivity contribution >= 4 is 34.4 Å². The topological polar surface area (TPSA) is 120 Å². The summed E-state index contributed by atoms with van der Waals surface area (Å²) in [7, 11) is 1.64. The monoisotopic (exact) mass is 450 g/mol. The normalized spacial score (nSPS) is 11.5. The zero-order chi connectivity index (χ0) is 22.5. The Kier molecular flexibility index (Phi) is 6.39. The quantitative estimate of drug-likeness (QED) is 0.178. The second kappa shape index (κ2) is 9.54. The molecule has 0 fully saturated rings. The van der Waals surface area contributed by atoms with Crippen molar-refractivity contribution in [2.75, 3.05) is 12.4 Å². The molecular formula is C22H23ClN8O. The number of hydrogen-bond acceptors (Lipinski definition) is 7. The van der Waals surface area contributed by atoms with E-state index in [0.29, 0.717) is 23.5 Å². The number of hydrogen-bond donors (Lipinski definition) is 3. The molecule has 0 atom stereocenters. The van der Waals surface area contributed by atoms with E-state index < -0.39 is 0 Å². The average molecular weight is 451 g/mol. The van der Waals surface area contributed by atoms with E-state index in [1.807, 2.05) is 66.7 Å². The highest BCUT2D eigenvalue weighted by atomic mass is 35.5. The van der Waals surface area contributed by atoms with Crippen molar-refractivity contribution < 1.29 is 4.74 Å². The Labute approximate surface area is 190 Å². The highest BCUT2D eigenvalue weighted by molar-refractivity contribution is 6.30. The van der Waals surface area contributed by atoms with Gasteiger partial charge in [-0.3, -0.25) is 5.01 Å². The third-order valence-electron chi connectivity index (χ3n) is 4.68. The van der Waals surface area contributed by atoms with Gasteiger partial charge in [0.05, 0.1) is 16.7 Å². The molecule has 2 aromatic carbocycles. The Hall–Kier alpha value is -3.82. The number of rotatable bonds is 6. The predicted molar refractivity (Wildman–Crippen MR) is 126 cm³/mol. The minimum atomic E-state index is 0.197. The number of nitrogens with two attached hydrogens (primary N) is 2. The summed E-state index contributed by atoms with van der Waals surface area (Å²) in [5.41, 5.74) is 3.30. The number of nitrogens with one attached hydrogen (secondary N) is 1. The lowest BCUT2D eigenvalue weighted by Gasteiger charge is -2.17. The number of nitrogens with zero attached hydrogens (tertiary/aromatic N) is 5. The molecule has 9 nitrogen and oxygen atoms in total. The molecule has 0 aliphatic carbocycles. The third kappa shape index (κ3) is 4.74. The summed E-state index contributed by atoms with van der Waals surface area (Å²) >= 11 is 6.05. The van der Waals surface area contributed by atoms with Crippen LogP contribution in [0.15, 0.2) is 71.8 Å². The molecule has 0 spiro atoms. The SMILES string of the molecule is CN(N)/C(=N\N)n1c(OCc2cccc(NCc3cccc(Cl)c3)n2)nc2ccccc21. The molecule has 0 bridgehead atoms. The van der Waals surface area contributed by atoms with Gasteiger partial charge in [-0.15, -0.1) is 5.10 Å². The minimum absolute atomic E-state index is 0.197. The maximum absolute atomic E-state index is 6.05. The van der Waals surface area contributed by atoms with Crippen LogP contribution in [0.3, 0.4) is 0 Å². The fourth-order valence-electron chi connectivity index (χ4n) is 3.24. The number of ether oxygens (including phenoxy) is 1. The highest BCUT2D eigenvalue weighted by Gasteiger charge is 2.18. The molecule has 0 aliphatic rings. The number of hydrazine groups is 1. The van der Waals surface area contributed by atoms with Crippen molar-refractivity contribution in [2.45, 2.75) is 13.2 Å². The van der Waals surface area contributed by atoms with E-state index in [1.165, 1.54) is 5.01 Å². The average Bonchev–Trinajstić information content (AvgIpc) is 3.15. The molecule has 5 N–H and O–H groups in total. The summed E-state index contributed by atoms with van der Waals surface area (Å²) in [4.78, 5) is 9.16. The number of anilines is 1. The van der Waals surface area contributed by atoms with Crippen molar-refractivity contribution in [2.24, 2.45) is 16.8 Å². The lowest BCUT2D eigenvalue weighted by Crippen LogP contribution is -2.39. The molecule has 0 aliphatic heterocycles. The van der Waals surface area contributed by atoms with E-state index in [9.17, 15) is 0 Å². The maximum atomic E-state index is 6.05. The first kappa shape index (κ1) is 21.4. The first-order valence-corrected chi connectivity index (χ1v) is 10.2.